The smallest absolute Gasteiger partial charge is 0.271 e. The number of hydrogen-bond donors (Lipinski definition) is 2. The van der Waals surface area contributed by atoms with Gasteiger partial charge in [-0.15, -0.1) is 0 Å². The lowest BCUT2D eigenvalue weighted by Crippen LogP contribution is -2.19. The number of para-hydroxylation sites is 1. The number of anilines is 1. The van der Waals surface area contributed by atoms with Gasteiger partial charge in [0.1, 0.15) is 17.6 Å². The van der Waals surface area contributed by atoms with Crippen molar-refractivity contribution in [3.8, 4) is 11.8 Å². The SMILES string of the molecule is COc1ccccc1CNc1nc(Cc2ccsc2)[nH]c(=O)c1C#N. The van der Waals surface area contributed by atoms with E-state index in [0.29, 0.717) is 18.8 Å². The predicted molar refractivity (Wildman–Crippen MR) is 97.0 cm³/mol. The zero-order chi connectivity index (χ0) is 17.6. The van der Waals surface area contributed by atoms with Crippen LogP contribution in [0.2, 0.25) is 0 Å². The van der Waals surface area contributed by atoms with E-state index in [2.05, 4.69) is 15.3 Å². The van der Waals surface area contributed by atoms with Crippen molar-refractivity contribution >= 4 is 17.2 Å². The molecule has 0 aliphatic heterocycles. The summed E-state index contributed by atoms with van der Waals surface area (Å²) < 4.78 is 5.32. The standard InChI is InChI=1S/C18H16N4O2S/c1-24-15-5-3-2-4-13(15)10-20-17-14(9-19)18(23)22-16(21-17)8-12-6-7-25-11-12/h2-7,11H,8,10H2,1H3,(H2,20,21,22,23). The van der Waals surface area contributed by atoms with Gasteiger partial charge in [-0.05, 0) is 28.5 Å². The van der Waals surface area contributed by atoms with Gasteiger partial charge in [0.15, 0.2) is 11.4 Å². The molecule has 0 atom stereocenters. The Kier molecular flexibility index (Phi) is 5.11. The number of rotatable bonds is 6. The molecule has 3 rings (SSSR count). The van der Waals surface area contributed by atoms with Gasteiger partial charge in [0.05, 0.1) is 7.11 Å². The van der Waals surface area contributed by atoms with E-state index >= 15 is 0 Å². The van der Waals surface area contributed by atoms with Crippen LogP contribution in [-0.4, -0.2) is 17.1 Å². The molecular weight excluding hydrogens is 336 g/mol. The normalized spacial score (nSPS) is 10.2. The van der Waals surface area contributed by atoms with Crippen LogP contribution >= 0.6 is 11.3 Å². The summed E-state index contributed by atoms with van der Waals surface area (Å²) in [6, 6.07) is 11.4. The minimum absolute atomic E-state index is 0.0241. The van der Waals surface area contributed by atoms with Crippen LogP contribution in [0.5, 0.6) is 5.75 Å². The molecule has 2 aromatic heterocycles. The first-order valence-corrected chi connectivity index (χ1v) is 8.55. The number of aromatic nitrogens is 2. The van der Waals surface area contributed by atoms with Crippen molar-refractivity contribution in [3.63, 3.8) is 0 Å². The van der Waals surface area contributed by atoms with Crippen LogP contribution in [0.4, 0.5) is 5.82 Å². The summed E-state index contributed by atoms with van der Waals surface area (Å²) in [5.74, 6) is 1.53. The summed E-state index contributed by atoms with van der Waals surface area (Å²) >= 11 is 1.58. The lowest BCUT2D eigenvalue weighted by molar-refractivity contribution is 0.410. The highest BCUT2D eigenvalue weighted by molar-refractivity contribution is 7.07. The highest BCUT2D eigenvalue weighted by atomic mass is 32.1. The van der Waals surface area contributed by atoms with Crippen molar-refractivity contribution < 1.29 is 4.74 Å². The van der Waals surface area contributed by atoms with Crippen molar-refractivity contribution in [2.75, 3.05) is 12.4 Å². The van der Waals surface area contributed by atoms with E-state index in [0.717, 1.165) is 16.9 Å². The number of benzene rings is 1. The van der Waals surface area contributed by atoms with Gasteiger partial charge in [-0.1, -0.05) is 18.2 Å². The molecule has 2 N–H and O–H groups in total. The Morgan fingerprint density at radius 1 is 1.36 bits per heavy atom. The molecule has 0 saturated heterocycles. The molecule has 0 radical (unpaired) electrons. The van der Waals surface area contributed by atoms with Gasteiger partial charge in [0, 0.05) is 18.5 Å². The number of thiophene rings is 1. The maximum absolute atomic E-state index is 12.2. The molecule has 126 valence electrons. The topological polar surface area (TPSA) is 90.8 Å². The number of nitriles is 1. The molecule has 1 aromatic carbocycles. The fraction of sp³-hybridized carbons (Fsp3) is 0.167. The molecule has 2 heterocycles. The zero-order valence-corrected chi connectivity index (χ0v) is 14.4. The maximum Gasteiger partial charge on any atom is 0.271 e. The van der Waals surface area contributed by atoms with Gasteiger partial charge >= 0.3 is 0 Å². The van der Waals surface area contributed by atoms with Gasteiger partial charge in [-0.25, -0.2) is 4.98 Å². The van der Waals surface area contributed by atoms with Crippen molar-refractivity contribution in [2.45, 2.75) is 13.0 Å². The number of nitrogens with zero attached hydrogens (tertiary/aromatic N) is 2. The molecule has 0 fully saturated rings. The summed E-state index contributed by atoms with van der Waals surface area (Å²) in [5, 5.41) is 16.3. The lowest BCUT2D eigenvalue weighted by atomic mass is 10.2. The van der Waals surface area contributed by atoms with Gasteiger partial charge < -0.3 is 15.0 Å². The predicted octanol–water partition coefficient (Wildman–Crippen LogP) is 2.91. The Morgan fingerprint density at radius 2 is 2.20 bits per heavy atom. The summed E-state index contributed by atoms with van der Waals surface area (Å²) in [6.07, 6.45) is 0.508. The minimum Gasteiger partial charge on any atom is -0.496 e. The average molecular weight is 352 g/mol. The zero-order valence-electron chi connectivity index (χ0n) is 13.6. The van der Waals surface area contributed by atoms with E-state index in [-0.39, 0.29) is 11.4 Å². The second-order valence-corrected chi connectivity index (χ2v) is 6.10. The van der Waals surface area contributed by atoms with Crippen molar-refractivity contribution in [3.05, 3.63) is 74.0 Å². The maximum atomic E-state index is 12.2. The molecule has 0 saturated carbocycles. The largest absolute Gasteiger partial charge is 0.496 e. The third-order valence-electron chi connectivity index (χ3n) is 3.67. The molecule has 0 aliphatic rings. The highest BCUT2D eigenvalue weighted by Gasteiger charge is 2.12. The first kappa shape index (κ1) is 16.7. The molecule has 0 bridgehead atoms. The van der Waals surface area contributed by atoms with Crippen LogP contribution in [0.25, 0.3) is 0 Å². The average Bonchev–Trinajstić information content (AvgIpc) is 3.13. The Morgan fingerprint density at radius 3 is 2.92 bits per heavy atom. The number of hydrogen-bond acceptors (Lipinski definition) is 6. The Labute approximate surface area is 148 Å². The summed E-state index contributed by atoms with van der Waals surface area (Å²) in [5.41, 5.74) is 1.51. The van der Waals surface area contributed by atoms with Gasteiger partial charge in [-0.2, -0.15) is 16.6 Å². The van der Waals surface area contributed by atoms with Crippen molar-refractivity contribution in [1.29, 1.82) is 5.26 Å². The molecule has 7 heteroatoms. The number of H-pyrrole nitrogens is 1. The molecule has 0 spiro atoms. The van der Waals surface area contributed by atoms with E-state index in [9.17, 15) is 10.1 Å². The van der Waals surface area contributed by atoms with Crippen LogP contribution in [0.15, 0.2) is 45.9 Å². The number of nitrogens with one attached hydrogen (secondary N) is 2. The molecular formula is C18H16N4O2S. The lowest BCUT2D eigenvalue weighted by Gasteiger charge is -2.11. The Balaban J connectivity index is 1.87. The summed E-state index contributed by atoms with van der Waals surface area (Å²) in [4.78, 5) is 19.3. The van der Waals surface area contributed by atoms with Gasteiger partial charge in [0.2, 0.25) is 0 Å². The third kappa shape index (κ3) is 3.87. The highest BCUT2D eigenvalue weighted by Crippen LogP contribution is 2.19. The Bertz CT molecular complexity index is 958. The van der Waals surface area contributed by atoms with Crippen LogP contribution in [0.1, 0.15) is 22.5 Å². The van der Waals surface area contributed by atoms with Crippen molar-refractivity contribution in [2.24, 2.45) is 0 Å². The number of aromatic amines is 1. The van der Waals surface area contributed by atoms with E-state index in [1.165, 1.54) is 0 Å². The van der Waals surface area contributed by atoms with Gasteiger partial charge in [-0.3, -0.25) is 4.79 Å². The molecule has 6 nitrogen and oxygen atoms in total. The summed E-state index contributed by atoms with van der Waals surface area (Å²) in [6.45, 7) is 0.396. The molecule has 3 aromatic rings. The first-order chi connectivity index (χ1) is 12.2. The van der Waals surface area contributed by atoms with E-state index < -0.39 is 5.56 Å². The summed E-state index contributed by atoms with van der Waals surface area (Å²) in [7, 11) is 1.60. The van der Waals surface area contributed by atoms with Crippen LogP contribution in [-0.2, 0) is 13.0 Å². The fourth-order valence-electron chi connectivity index (χ4n) is 2.45. The van der Waals surface area contributed by atoms with Crippen LogP contribution in [0, 0.1) is 11.3 Å². The van der Waals surface area contributed by atoms with E-state index in [1.807, 2.05) is 47.2 Å². The second-order valence-electron chi connectivity index (χ2n) is 5.32. The monoisotopic (exact) mass is 352 g/mol. The first-order valence-electron chi connectivity index (χ1n) is 7.61. The van der Waals surface area contributed by atoms with Crippen molar-refractivity contribution in [1.82, 2.24) is 9.97 Å². The molecule has 25 heavy (non-hydrogen) atoms. The molecule has 0 unspecified atom stereocenters. The molecule has 0 amide bonds. The minimum atomic E-state index is -0.440. The number of methoxy groups -OCH3 is 1. The second kappa shape index (κ2) is 7.64. The molecule has 0 aliphatic carbocycles. The van der Waals surface area contributed by atoms with Gasteiger partial charge in [0.25, 0.3) is 5.56 Å². The van der Waals surface area contributed by atoms with Crippen LogP contribution in [0.3, 0.4) is 0 Å². The number of ether oxygens (including phenoxy) is 1. The Hall–Kier alpha value is -3.11. The van der Waals surface area contributed by atoms with Crippen LogP contribution < -0.4 is 15.6 Å². The van der Waals surface area contributed by atoms with E-state index in [4.69, 9.17) is 4.74 Å². The van der Waals surface area contributed by atoms with E-state index in [1.54, 1.807) is 18.4 Å². The quantitative estimate of drug-likeness (QED) is 0.712. The fourth-order valence-corrected chi connectivity index (χ4v) is 3.12. The third-order valence-corrected chi connectivity index (χ3v) is 4.40.